The Hall–Kier alpha value is -3.96. The number of aliphatic carboxylic acids is 3. The molecule has 10 atom stereocenters. The van der Waals surface area contributed by atoms with Crippen LogP contribution >= 0.6 is 0 Å². The van der Waals surface area contributed by atoms with Gasteiger partial charge in [-0.3, -0.25) is 24.0 Å². The van der Waals surface area contributed by atoms with Crippen LogP contribution in [-0.4, -0.2) is 70.5 Å². The second-order valence-electron chi connectivity index (χ2n) is 22.1. The lowest BCUT2D eigenvalue weighted by molar-refractivity contribution is -0.151. The van der Waals surface area contributed by atoms with Gasteiger partial charge in [0.2, 0.25) is 0 Å². The molecule has 0 radical (unpaired) electrons. The maximum atomic E-state index is 11.2. The fourth-order valence-electron chi connectivity index (χ4n) is 10.7. The Balaban J connectivity index is 0.000000273. The Labute approximate surface area is 390 Å². The van der Waals surface area contributed by atoms with E-state index < -0.39 is 29.3 Å². The number of aromatic carboxylic acids is 1. The SMILES string of the molecule is CCC(C)(C)C(=O)O.CCC(C)(C)C(=O)OC.CCC(C)(C)C(=O)OC.CCC(C)(C)c1ccc(C(=O)O)cc1.O=C(O)C1CC2CC1C1C3CCC(C3)C21.O=C(O)C1CC2CCC1C2. The zero-order valence-corrected chi connectivity index (χ0v) is 42.3. The molecule has 370 valence electrons. The van der Waals surface area contributed by atoms with E-state index in [4.69, 9.17) is 15.3 Å². The van der Waals surface area contributed by atoms with E-state index in [1.165, 1.54) is 64.7 Å². The van der Waals surface area contributed by atoms with Crippen molar-refractivity contribution in [2.24, 2.45) is 75.4 Å². The third kappa shape index (κ3) is 15.0. The first kappa shape index (κ1) is 57.2. The van der Waals surface area contributed by atoms with Gasteiger partial charge in [-0.25, -0.2) is 4.79 Å². The van der Waals surface area contributed by atoms with Crippen LogP contribution in [0.25, 0.3) is 0 Å². The first-order valence-electron chi connectivity index (χ1n) is 24.3. The van der Waals surface area contributed by atoms with Crippen molar-refractivity contribution in [3.05, 3.63) is 35.4 Å². The summed E-state index contributed by atoms with van der Waals surface area (Å²) in [6.07, 6.45) is 14.5. The van der Waals surface area contributed by atoms with Crippen molar-refractivity contribution >= 4 is 35.8 Å². The van der Waals surface area contributed by atoms with Gasteiger partial charge < -0.3 is 29.9 Å². The number of carbonyl (C=O) groups excluding carboxylic acids is 2. The van der Waals surface area contributed by atoms with Gasteiger partial charge in [0.1, 0.15) is 0 Å². The minimum Gasteiger partial charge on any atom is -0.481 e. The highest BCUT2D eigenvalue weighted by Gasteiger charge is 2.63. The molecule has 4 N–H and O–H groups in total. The van der Waals surface area contributed by atoms with Gasteiger partial charge in [0.25, 0.3) is 0 Å². The number of hydrogen-bond donors (Lipinski definition) is 4. The molecule has 6 fully saturated rings. The number of carboxylic acid groups (broad SMARTS) is 4. The Morgan fingerprint density at radius 1 is 0.523 bits per heavy atom. The number of fused-ring (bicyclic) bond motifs is 11. The highest BCUT2D eigenvalue weighted by molar-refractivity contribution is 5.87. The largest absolute Gasteiger partial charge is 0.481 e. The minimum atomic E-state index is -0.870. The molecule has 0 aromatic heterocycles. The summed E-state index contributed by atoms with van der Waals surface area (Å²) in [6.45, 7) is 23.2. The van der Waals surface area contributed by atoms with Crippen molar-refractivity contribution in [2.45, 2.75) is 172 Å². The first-order valence-corrected chi connectivity index (χ1v) is 24.3. The van der Waals surface area contributed by atoms with Gasteiger partial charge in [0.15, 0.2) is 0 Å². The van der Waals surface area contributed by atoms with E-state index in [1.807, 2.05) is 60.6 Å². The van der Waals surface area contributed by atoms with Gasteiger partial charge in [-0.05, 0) is 189 Å². The van der Waals surface area contributed by atoms with Gasteiger partial charge in [0.05, 0.1) is 47.9 Å². The molecule has 7 rings (SSSR count). The zero-order valence-electron chi connectivity index (χ0n) is 42.3. The molecule has 0 saturated heterocycles. The summed E-state index contributed by atoms with van der Waals surface area (Å²) in [5.74, 6) is 3.42. The monoisotopic (exact) mass is 915 g/mol. The van der Waals surface area contributed by atoms with E-state index in [-0.39, 0.29) is 40.0 Å². The molecule has 12 nitrogen and oxygen atoms in total. The third-order valence-electron chi connectivity index (χ3n) is 16.6. The Morgan fingerprint density at radius 2 is 0.985 bits per heavy atom. The molecule has 6 aliphatic rings. The van der Waals surface area contributed by atoms with Crippen molar-refractivity contribution in [1.82, 2.24) is 0 Å². The summed E-state index contributed by atoms with van der Waals surface area (Å²) in [7, 11) is 2.83. The Bertz CT molecular complexity index is 1710. The lowest BCUT2D eigenvalue weighted by atomic mass is 9.67. The van der Waals surface area contributed by atoms with Crippen LogP contribution in [0.5, 0.6) is 0 Å². The van der Waals surface area contributed by atoms with Gasteiger partial charge in [-0.15, -0.1) is 0 Å². The predicted octanol–water partition coefficient (Wildman–Crippen LogP) is 11.7. The molecule has 0 aliphatic heterocycles. The van der Waals surface area contributed by atoms with Crippen LogP contribution in [0.15, 0.2) is 24.3 Å². The second-order valence-corrected chi connectivity index (χ2v) is 22.1. The Morgan fingerprint density at radius 3 is 1.29 bits per heavy atom. The molecule has 10 unspecified atom stereocenters. The van der Waals surface area contributed by atoms with Gasteiger partial charge >= 0.3 is 35.8 Å². The van der Waals surface area contributed by atoms with Crippen LogP contribution < -0.4 is 0 Å². The molecule has 0 heterocycles. The highest BCUT2D eigenvalue weighted by Crippen LogP contribution is 2.68. The summed E-state index contributed by atoms with van der Waals surface area (Å²) in [5, 5.41) is 35.1. The molecule has 6 saturated carbocycles. The zero-order chi connectivity index (χ0) is 49.8. The van der Waals surface area contributed by atoms with Crippen molar-refractivity contribution < 1.29 is 58.7 Å². The molecular formula is C53H86O12. The number of benzene rings is 1. The lowest BCUT2D eigenvalue weighted by Crippen LogP contribution is -2.35. The van der Waals surface area contributed by atoms with E-state index in [0.717, 1.165) is 67.6 Å². The average Bonchev–Trinajstić information content (AvgIpc) is 4.16. The molecule has 6 bridgehead atoms. The maximum Gasteiger partial charge on any atom is 0.335 e. The third-order valence-corrected chi connectivity index (χ3v) is 16.6. The summed E-state index contributed by atoms with van der Waals surface area (Å²) >= 11 is 0. The molecule has 65 heavy (non-hydrogen) atoms. The molecule has 1 aromatic rings. The van der Waals surface area contributed by atoms with Crippen molar-refractivity contribution in [3.63, 3.8) is 0 Å². The summed E-state index contributed by atoms with van der Waals surface area (Å²) in [5.41, 5.74) is 0.492. The molecule has 12 heteroatoms. The van der Waals surface area contributed by atoms with Crippen LogP contribution in [0.3, 0.4) is 0 Å². The van der Waals surface area contributed by atoms with Gasteiger partial charge in [-0.1, -0.05) is 60.1 Å². The van der Waals surface area contributed by atoms with E-state index >= 15 is 0 Å². The van der Waals surface area contributed by atoms with Crippen LogP contribution in [0.2, 0.25) is 0 Å². The van der Waals surface area contributed by atoms with Crippen molar-refractivity contribution in [3.8, 4) is 0 Å². The normalized spacial score (nSPS) is 27.5. The van der Waals surface area contributed by atoms with E-state index in [1.54, 1.807) is 26.0 Å². The van der Waals surface area contributed by atoms with Gasteiger partial charge in [-0.2, -0.15) is 0 Å². The van der Waals surface area contributed by atoms with Crippen LogP contribution in [-0.2, 0) is 38.9 Å². The second kappa shape index (κ2) is 24.2. The number of esters is 2. The highest BCUT2D eigenvalue weighted by atomic mass is 16.5. The van der Waals surface area contributed by atoms with E-state index in [9.17, 15) is 33.9 Å². The number of carboxylic acids is 4. The topological polar surface area (TPSA) is 202 Å². The number of carbonyl (C=O) groups is 6. The minimum absolute atomic E-state index is 0.0127. The van der Waals surface area contributed by atoms with Crippen molar-refractivity contribution in [1.29, 1.82) is 0 Å². The predicted molar refractivity (Wildman–Crippen MR) is 252 cm³/mol. The summed E-state index contributed by atoms with van der Waals surface area (Å²) < 4.78 is 9.13. The average molecular weight is 915 g/mol. The molecular weight excluding hydrogens is 829 g/mol. The van der Waals surface area contributed by atoms with Crippen LogP contribution in [0.4, 0.5) is 0 Å². The smallest absolute Gasteiger partial charge is 0.335 e. The number of rotatable bonds is 11. The fraction of sp³-hybridized carbons (Fsp3) is 0.774. The van der Waals surface area contributed by atoms with Crippen LogP contribution in [0.1, 0.15) is 182 Å². The van der Waals surface area contributed by atoms with Crippen LogP contribution in [0, 0.1) is 75.4 Å². The molecule has 1 aromatic carbocycles. The molecule has 0 spiro atoms. The first-order chi connectivity index (χ1) is 30.1. The standard InChI is InChI=1S/C13H18O2.C12H16O2.C8H12O2.2C7H14O2.C6H12O2/c14-13(15)10-5-8-4-9(10)12-7-2-1-6(3-7)11(8)12;1-4-12(2,3)10-7-5-9(6-8-10)11(13)14;9-8(10)7-4-5-1-2-6(7)3-5;2*1-5-7(2,3)6(8)9-4;1-4-6(2,3)5(7)8/h6-12H,1-5H2,(H,14,15);5-8H,4H2,1-3H3,(H,13,14);5-7H,1-4H2,(H,9,10);2*5H2,1-4H3;4H2,1-3H3,(H,7,8). The summed E-state index contributed by atoms with van der Waals surface area (Å²) in [6, 6.07) is 7.12. The van der Waals surface area contributed by atoms with Gasteiger partial charge in [0, 0.05) is 0 Å². The fourth-order valence-corrected chi connectivity index (χ4v) is 10.7. The Kier molecular flexibility index (Phi) is 21.3. The molecule has 6 aliphatic carbocycles. The molecule has 0 amide bonds. The van der Waals surface area contributed by atoms with E-state index in [0.29, 0.717) is 23.8 Å². The van der Waals surface area contributed by atoms with Crippen molar-refractivity contribution in [2.75, 3.05) is 14.2 Å². The quantitative estimate of drug-likeness (QED) is 0.121. The lowest BCUT2D eigenvalue weighted by Gasteiger charge is -2.37. The van der Waals surface area contributed by atoms with E-state index in [2.05, 4.69) is 30.2 Å². The number of methoxy groups -OCH3 is 2. The number of hydrogen-bond acceptors (Lipinski definition) is 8. The summed E-state index contributed by atoms with van der Waals surface area (Å²) in [4.78, 5) is 64.3. The number of ether oxygens (including phenoxy) is 2. The maximum absolute atomic E-state index is 11.2.